The number of rotatable bonds is 4. The Hall–Kier alpha value is -4.22. The van der Waals surface area contributed by atoms with Crippen molar-refractivity contribution >= 4 is 29.2 Å². The lowest BCUT2D eigenvalue weighted by Gasteiger charge is -2.11. The van der Waals surface area contributed by atoms with Crippen molar-refractivity contribution in [1.82, 2.24) is 14.9 Å². The summed E-state index contributed by atoms with van der Waals surface area (Å²) >= 11 is 0. The summed E-state index contributed by atoms with van der Waals surface area (Å²) in [6.45, 7) is 2.94. The van der Waals surface area contributed by atoms with Gasteiger partial charge in [0.05, 0.1) is 29.9 Å². The van der Waals surface area contributed by atoms with Crippen LogP contribution in [0.15, 0.2) is 48.7 Å². The van der Waals surface area contributed by atoms with Crippen molar-refractivity contribution in [2.75, 3.05) is 30.3 Å². The smallest absolute Gasteiger partial charge is 0.335 e. The lowest BCUT2D eigenvalue weighted by atomic mass is 10.0. The second kappa shape index (κ2) is 9.33. The van der Waals surface area contributed by atoms with E-state index in [1.165, 1.54) is 25.0 Å². The van der Waals surface area contributed by atoms with Crippen molar-refractivity contribution in [2.24, 2.45) is 0 Å². The van der Waals surface area contributed by atoms with Crippen molar-refractivity contribution in [1.29, 1.82) is 0 Å². The first kappa shape index (κ1) is 21.6. The molecule has 0 aliphatic carbocycles. The molecule has 1 fully saturated rings. The number of carboxylic acid groups (broad SMARTS) is 1. The highest BCUT2D eigenvalue weighted by atomic mass is 16.4. The minimum atomic E-state index is -1.01. The molecule has 0 radical (unpaired) electrons. The van der Waals surface area contributed by atoms with Crippen molar-refractivity contribution in [3.63, 3.8) is 0 Å². The monoisotopic (exact) mass is 453 g/mol. The van der Waals surface area contributed by atoms with E-state index >= 15 is 0 Å². The molecule has 2 aromatic carbocycles. The highest BCUT2D eigenvalue weighted by molar-refractivity contribution is 6.00. The standard InChI is InChI=1S/C26H23N5O3/c32-23-15-19-16-27-26(28-20-7-3-6-18(14-20)25(33)34)30-24(19)21-13-17(8-9-22(21)29-23)5-4-12-31-10-1-2-11-31/h3,6-9,13-14,16H,1-2,10-12,15H2,(H,29,32)(H,33,34)(H,27,28,30). The summed E-state index contributed by atoms with van der Waals surface area (Å²) in [6.07, 6.45) is 4.25. The third-order valence-corrected chi connectivity index (χ3v) is 5.86. The van der Waals surface area contributed by atoms with Crippen LogP contribution in [-0.2, 0) is 11.2 Å². The van der Waals surface area contributed by atoms with E-state index in [-0.39, 0.29) is 17.9 Å². The first-order valence-corrected chi connectivity index (χ1v) is 11.2. The number of carboxylic acids is 1. The van der Waals surface area contributed by atoms with Gasteiger partial charge in [-0.2, -0.15) is 0 Å². The normalized spacial score (nSPS) is 14.8. The maximum absolute atomic E-state index is 12.4. The van der Waals surface area contributed by atoms with Crippen LogP contribution >= 0.6 is 0 Å². The van der Waals surface area contributed by atoms with Crippen molar-refractivity contribution < 1.29 is 14.7 Å². The number of carbonyl (C=O) groups is 2. The van der Waals surface area contributed by atoms with Gasteiger partial charge >= 0.3 is 5.97 Å². The van der Waals surface area contributed by atoms with Gasteiger partial charge in [-0.05, 0) is 62.3 Å². The van der Waals surface area contributed by atoms with Crippen LogP contribution in [0.5, 0.6) is 0 Å². The third kappa shape index (κ3) is 4.75. The second-order valence-corrected chi connectivity index (χ2v) is 8.35. The zero-order valence-electron chi connectivity index (χ0n) is 18.5. The van der Waals surface area contributed by atoms with E-state index in [9.17, 15) is 14.7 Å². The SMILES string of the molecule is O=C1Cc2cnc(Nc3cccc(C(=O)O)c3)nc2-c2cc(C#CCN3CCCC3)ccc2N1. The van der Waals surface area contributed by atoms with Crippen LogP contribution in [0.1, 0.15) is 34.3 Å². The fourth-order valence-corrected chi connectivity index (χ4v) is 4.18. The van der Waals surface area contributed by atoms with Crippen LogP contribution < -0.4 is 10.6 Å². The van der Waals surface area contributed by atoms with Gasteiger partial charge in [0.2, 0.25) is 11.9 Å². The molecule has 0 saturated carbocycles. The zero-order chi connectivity index (χ0) is 23.5. The molecule has 5 rings (SSSR count). The number of aromatic carboxylic acids is 1. The number of amides is 1. The molecule has 3 N–H and O–H groups in total. The first-order chi connectivity index (χ1) is 16.5. The molecular weight excluding hydrogens is 430 g/mol. The van der Waals surface area contributed by atoms with Gasteiger partial charge in [0, 0.05) is 28.6 Å². The maximum Gasteiger partial charge on any atom is 0.335 e. The molecule has 3 aromatic rings. The summed E-state index contributed by atoms with van der Waals surface area (Å²) in [5.74, 6) is 5.66. The predicted molar refractivity (Wildman–Crippen MR) is 129 cm³/mol. The minimum Gasteiger partial charge on any atom is -0.478 e. The molecule has 1 saturated heterocycles. The first-order valence-electron chi connectivity index (χ1n) is 11.2. The van der Waals surface area contributed by atoms with E-state index in [1.54, 1.807) is 18.3 Å². The lowest BCUT2D eigenvalue weighted by molar-refractivity contribution is -0.115. The molecule has 2 aliphatic heterocycles. The van der Waals surface area contributed by atoms with Crippen molar-refractivity contribution in [3.8, 4) is 23.1 Å². The van der Waals surface area contributed by atoms with Gasteiger partial charge in [0.25, 0.3) is 0 Å². The van der Waals surface area contributed by atoms with Gasteiger partial charge in [-0.15, -0.1) is 0 Å². The highest BCUT2D eigenvalue weighted by Crippen LogP contribution is 2.34. The number of nitrogens with zero attached hydrogens (tertiary/aromatic N) is 3. The Balaban J connectivity index is 1.47. The summed E-state index contributed by atoms with van der Waals surface area (Å²) in [6, 6.07) is 12.1. The van der Waals surface area contributed by atoms with Gasteiger partial charge in [0.1, 0.15) is 0 Å². The van der Waals surface area contributed by atoms with E-state index in [4.69, 9.17) is 0 Å². The van der Waals surface area contributed by atoms with Crippen LogP contribution in [0.2, 0.25) is 0 Å². The molecule has 0 unspecified atom stereocenters. The van der Waals surface area contributed by atoms with Crippen LogP contribution in [0.4, 0.5) is 17.3 Å². The number of carbonyl (C=O) groups excluding carboxylic acids is 1. The van der Waals surface area contributed by atoms with E-state index in [0.29, 0.717) is 28.6 Å². The number of likely N-dealkylation sites (tertiary alicyclic amines) is 1. The average molecular weight is 454 g/mol. The number of hydrogen-bond acceptors (Lipinski definition) is 6. The lowest BCUT2D eigenvalue weighted by Crippen LogP contribution is -2.18. The maximum atomic E-state index is 12.4. The van der Waals surface area contributed by atoms with Gasteiger partial charge < -0.3 is 15.7 Å². The Labute approximate surface area is 197 Å². The van der Waals surface area contributed by atoms with E-state index in [2.05, 4.69) is 37.3 Å². The quantitative estimate of drug-likeness (QED) is 0.519. The fourth-order valence-electron chi connectivity index (χ4n) is 4.18. The predicted octanol–water partition coefficient (Wildman–Crippen LogP) is 3.53. The molecule has 0 atom stereocenters. The number of nitrogens with one attached hydrogen (secondary N) is 2. The Morgan fingerprint density at radius 1 is 1.18 bits per heavy atom. The van der Waals surface area contributed by atoms with Crippen LogP contribution in [-0.4, -0.2) is 51.5 Å². The summed E-state index contributed by atoms with van der Waals surface area (Å²) in [5.41, 5.74) is 4.38. The second-order valence-electron chi connectivity index (χ2n) is 8.35. The zero-order valence-corrected chi connectivity index (χ0v) is 18.5. The van der Waals surface area contributed by atoms with E-state index < -0.39 is 5.97 Å². The molecule has 0 spiro atoms. The summed E-state index contributed by atoms with van der Waals surface area (Å²) in [5, 5.41) is 15.2. The van der Waals surface area contributed by atoms with Crippen molar-refractivity contribution in [2.45, 2.75) is 19.3 Å². The van der Waals surface area contributed by atoms with E-state index in [0.717, 1.165) is 30.8 Å². The number of hydrogen-bond donors (Lipinski definition) is 3. The van der Waals surface area contributed by atoms with Crippen LogP contribution in [0, 0.1) is 11.8 Å². The third-order valence-electron chi connectivity index (χ3n) is 5.86. The number of anilines is 3. The summed E-state index contributed by atoms with van der Waals surface area (Å²) < 4.78 is 0. The molecular formula is C26H23N5O3. The van der Waals surface area contributed by atoms with Gasteiger partial charge in [-0.25, -0.2) is 14.8 Å². The van der Waals surface area contributed by atoms with Crippen LogP contribution in [0.3, 0.4) is 0 Å². The molecule has 1 amide bonds. The Bertz CT molecular complexity index is 1340. The number of benzene rings is 2. The Kier molecular flexibility index (Phi) is 5.93. The average Bonchev–Trinajstić information content (AvgIpc) is 3.30. The topological polar surface area (TPSA) is 107 Å². The molecule has 2 aliphatic rings. The molecule has 3 heterocycles. The highest BCUT2D eigenvalue weighted by Gasteiger charge is 2.21. The fraction of sp³-hybridized carbons (Fsp3) is 0.231. The molecule has 8 nitrogen and oxygen atoms in total. The molecule has 34 heavy (non-hydrogen) atoms. The Morgan fingerprint density at radius 3 is 2.85 bits per heavy atom. The molecule has 1 aromatic heterocycles. The summed E-state index contributed by atoms with van der Waals surface area (Å²) in [4.78, 5) is 35.1. The van der Waals surface area contributed by atoms with Gasteiger partial charge in [-0.3, -0.25) is 9.69 Å². The van der Waals surface area contributed by atoms with Crippen LogP contribution in [0.25, 0.3) is 11.3 Å². The number of aromatic nitrogens is 2. The van der Waals surface area contributed by atoms with Gasteiger partial charge in [0.15, 0.2) is 0 Å². The van der Waals surface area contributed by atoms with Crippen molar-refractivity contribution in [3.05, 3.63) is 65.4 Å². The number of fused-ring (bicyclic) bond motifs is 3. The molecule has 0 bridgehead atoms. The van der Waals surface area contributed by atoms with E-state index in [1.807, 2.05) is 18.2 Å². The summed E-state index contributed by atoms with van der Waals surface area (Å²) in [7, 11) is 0. The minimum absolute atomic E-state index is 0.133. The molecule has 8 heteroatoms. The molecule has 170 valence electrons. The van der Waals surface area contributed by atoms with Gasteiger partial charge in [-0.1, -0.05) is 17.9 Å². The Morgan fingerprint density at radius 2 is 2.03 bits per heavy atom. The largest absolute Gasteiger partial charge is 0.478 e.